The summed E-state index contributed by atoms with van der Waals surface area (Å²) >= 11 is 0. The molecule has 3 aromatic rings. The summed E-state index contributed by atoms with van der Waals surface area (Å²) in [4.78, 5) is 11.6. The van der Waals surface area contributed by atoms with Crippen LogP contribution < -0.4 is 0 Å². The first-order valence-electron chi connectivity index (χ1n) is 7.18. The minimum atomic E-state index is -0.309. The molecule has 0 unspecified atom stereocenters. The van der Waals surface area contributed by atoms with Crippen LogP contribution in [0.5, 0.6) is 0 Å². The molecule has 3 rings (SSSR count). The number of aromatic nitrogens is 1. The number of carbonyl (C=O) groups is 1. The summed E-state index contributed by atoms with van der Waals surface area (Å²) in [6.07, 6.45) is 1.93. The Morgan fingerprint density at radius 2 is 1.91 bits per heavy atom. The third-order valence-electron chi connectivity index (χ3n) is 3.55. The molecule has 1 aromatic heterocycles. The number of hydrogen-bond donors (Lipinski definition) is 0. The van der Waals surface area contributed by atoms with Gasteiger partial charge in [-0.25, -0.2) is 9.18 Å². The molecule has 0 aliphatic carbocycles. The second-order valence-electron chi connectivity index (χ2n) is 5.06. The van der Waals surface area contributed by atoms with Gasteiger partial charge in [-0.3, -0.25) is 0 Å². The molecule has 22 heavy (non-hydrogen) atoms. The van der Waals surface area contributed by atoms with E-state index in [1.54, 1.807) is 25.1 Å². The monoisotopic (exact) mass is 297 g/mol. The van der Waals surface area contributed by atoms with Crippen LogP contribution >= 0.6 is 0 Å². The van der Waals surface area contributed by atoms with E-state index in [-0.39, 0.29) is 11.8 Å². The number of rotatable bonds is 4. The van der Waals surface area contributed by atoms with Gasteiger partial charge >= 0.3 is 5.97 Å². The third kappa shape index (κ3) is 2.86. The van der Waals surface area contributed by atoms with Gasteiger partial charge in [-0.05, 0) is 48.9 Å². The molecule has 0 atom stereocenters. The Balaban J connectivity index is 1.81. The highest BCUT2D eigenvalue weighted by molar-refractivity contribution is 5.89. The van der Waals surface area contributed by atoms with Crippen LogP contribution in [0.1, 0.15) is 22.8 Å². The highest BCUT2D eigenvalue weighted by atomic mass is 19.1. The lowest BCUT2D eigenvalue weighted by molar-refractivity contribution is 0.0526. The van der Waals surface area contributed by atoms with Crippen molar-refractivity contribution in [1.82, 2.24) is 4.57 Å². The zero-order valence-electron chi connectivity index (χ0n) is 12.3. The fraction of sp³-hybridized carbons (Fsp3) is 0.167. The van der Waals surface area contributed by atoms with Crippen molar-refractivity contribution in [2.45, 2.75) is 13.5 Å². The molecule has 0 saturated carbocycles. The maximum atomic E-state index is 13.2. The van der Waals surface area contributed by atoms with Crippen LogP contribution in [0, 0.1) is 5.82 Å². The number of nitrogens with zero attached hydrogens (tertiary/aromatic N) is 1. The number of carbonyl (C=O) groups excluding carboxylic acids is 1. The standard InChI is InChI=1S/C18H16FNO2/c1-2-22-18(21)14-5-3-13(4-6-14)12-20-10-9-15-11-16(19)7-8-17(15)20/h3-11H,2,12H2,1H3. The van der Waals surface area contributed by atoms with Crippen LogP contribution in [0.4, 0.5) is 4.39 Å². The van der Waals surface area contributed by atoms with E-state index in [1.165, 1.54) is 12.1 Å². The fourth-order valence-corrected chi connectivity index (χ4v) is 2.47. The first-order chi connectivity index (χ1) is 10.7. The fourth-order valence-electron chi connectivity index (χ4n) is 2.47. The summed E-state index contributed by atoms with van der Waals surface area (Å²) in [6.45, 7) is 2.82. The maximum absolute atomic E-state index is 13.2. The molecule has 0 saturated heterocycles. The quantitative estimate of drug-likeness (QED) is 0.681. The van der Waals surface area contributed by atoms with Gasteiger partial charge in [-0.2, -0.15) is 0 Å². The van der Waals surface area contributed by atoms with Crippen molar-refractivity contribution in [1.29, 1.82) is 0 Å². The van der Waals surface area contributed by atoms with Gasteiger partial charge in [-0.15, -0.1) is 0 Å². The van der Waals surface area contributed by atoms with Gasteiger partial charge in [0.15, 0.2) is 0 Å². The molecule has 3 nitrogen and oxygen atoms in total. The predicted molar refractivity (Wildman–Crippen MR) is 83.4 cm³/mol. The van der Waals surface area contributed by atoms with Crippen LogP contribution in [-0.2, 0) is 11.3 Å². The second kappa shape index (κ2) is 6.02. The number of esters is 1. The smallest absolute Gasteiger partial charge is 0.338 e. The van der Waals surface area contributed by atoms with Crippen molar-refractivity contribution in [2.75, 3.05) is 6.61 Å². The number of ether oxygens (including phenoxy) is 1. The molecule has 0 amide bonds. The zero-order chi connectivity index (χ0) is 15.5. The van der Waals surface area contributed by atoms with Gasteiger partial charge in [0.25, 0.3) is 0 Å². The van der Waals surface area contributed by atoms with E-state index in [2.05, 4.69) is 0 Å². The molecule has 1 heterocycles. The highest BCUT2D eigenvalue weighted by Gasteiger charge is 2.07. The SMILES string of the molecule is CCOC(=O)c1ccc(Cn2ccc3cc(F)ccc32)cc1. The Labute approximate surface area is 127 Å². The molecule has 0 radical (unpaired) electrons. The first kappa shape index (κ1) is 14.3. The van der Waals surface area contributed by atoms with Crippen molar-refractivity contribution in [3.05, 3.63) is 71.7 Å². The van der Waals surface area contributed by atoms with Crippen LogP contribution in [-0.4, -0.2) is 17.1 Å². The lowest BCUT2D eigenvalue weighted by atomic mass is 10.1. The van der Waals surface area contributed by atoms with Crippen LogP contribution in [0.25, 0.3) is 10.9 Å². The summed E-state index contributed by atoms with van der Waals surface area (Å²) in [6, 6.07) is 14.0. The van der Waals surface area contributed by atoms with Crippen LogP contribution in [0.2, 0.25) is 0 Å². The van der Waals surface area contributed by atoms with Crippen molar-refractivity contribution >= 4 is 16.9 Å². The topological polar surface area (TPSA) is 31.2 Å². The largest absolute Gasteiger partial charge is 0.462 e. The van der Waals surface area contributed by atoms with Gasteiger partial charge in [0, 0.05) is 23.6 Å². The second-order valence-corrected chi connectivity index (χ2v) is 5.06. The minimum absolute atomic E-state index is 0.232. The summed E-state index contributed by atoms with van der Waals surface area (Å²) in [5, 5.41) is 0.878. The molecule has 112 valence electrons. The molecule has 0 aliphatic heterocycles. The van der Waals surface area contributed by atoms with Crippen molar-refractivity contribution in [3.8, 4) is 0 Å². The van der Waals surface area contributed by atoms with E-state index in [4.69, 9.17) is 4.74 Å². The van der Waals surface area contributed by atoms with Gasteiger partial charge in [0.1, 0.15) is 5.82 Å². The Kier molecular flexibility index (Phi) is 3.92. The van der Waals surface area contributed by atoms with E-state index in [0.717, 1.165) is 16.5 Å². The Morgan fingerprint density at radius 3 is 2.64 bits per heavy atom. The molecule has 0 fully saturated rings. The lowest BCUT2D eigenvalue weighted by Gasteiger charge is -2.07. The summed E-state index contributed by atoms with van der Waals surface area (Å²) in [5.74, 6) is -0.542. The van der Waals surface area contributed by atoms with Gasteiger partial charge in [0.05, 0.1) is 12.2 Å². The molecule has 0 bridgehead atoms. The molecule has 4 heteroatoms. The Hall–Kier alpha value is -2.62. The van der Waals surface area contributed by atoms with Gasteiger partial charge in [-0.1, -0.05) is 12.1 Å². The number of halogens is 1. The van der Waals surface area contributed by atoms with E-state index >= 15 is 0 Å². The first-order valence-corrected chi connectivity index (χ1v) is 7.18. The summed E-state index contributed by atoms with van der Waals surface area (Å²) in [7, 11) is 0. The number of fused-ring (bicyclic) bond motifs is 1. The Bertz CT molecular complexity index is 806. The Morgan fingerprint density at radius 1 is 1.14 bits per heavy atom. The van der Waals surface area contributed by atoms with Gasteiger partial charge < -0.3 is 9.30 Å². The average molecular weight is 297 g/mol. The van der Waals surface area contributed by atoms with E-state index in [9.17, 15) is 9.18 Å². The predicted octanol–water partition coefficient (Wildman–Crippen LogP) is 4.01. The minimum Gasteiger partial charge on any atom is -0.462 e. The number of hydrogen-bond acceptors (Lipinski definition) is 2. The van der Waals surface area contributed by atoms with Crippen LogP contribution in [0.3, 0.4) is 0 Å². The maximum Gasteiger partial charge on any atom is 0.338 e. The molecule has 0 aliphatic rings. The summed E-state index contributed by atoms with van der Waals surface area (Å²) < 4.78 is 20.2. The van der Waals surface area contributed by atoms with Crippen LogP contribution in [0.15, 0.2) is 54.7 Å². The highest BCUT2D eigenvalue weighted by Crippen LogP contribution is 2.18. The molecule has 2 aromatic carbocycles. The normalized spacial score (nSPS) is 10.8. The lowest BCUT2D eigenvalue weighted by Crippen LogP contribution is -2.05. The van der Waals surface area contributed by atoms with E-state index in [0.29, 0.717) is 18.7 Å². The molecule has 0 spiro atoms. The van der Waals surface area contributed by atoms with Crippen molar-refractivity contribution in [3.63, 3.8) is 0 Å². The molecule has 0 N–H and O–H groups in total. The molecular formula is C18H16FNO2. The molecular weight excluding hydrogens is 281 g/mol. The number of benzene rings is 2. The third-order valence-corrected chi connectivity index (χ3v) is 3.55. The van der Waals surface area contributed by atoms with Gasteiger partial charge in [0.2, 0.25) is 0 Å². The zero-order valence-corrected chi connectivity index (χ0v) is 12.3. The van der Waals surface area contributed by atoms with E-state index < -0.39 is 0 Å². The summed E-state index contributed by atoms with van der Waals surface area (Å²) in [5.41, 5.74) is 2.59. The van der Waals surface area contributed by atoms with Crippen molar-refractivity contribution < 1.29 is 13.9 Å². The average Bonchev–Trinajstić information content (AvgIpc) is 2.90. The van der Waals surface area contributed by atoms with E-state index in [1.807, 2.05) is 29.0 Å². The van der Waals surface area contributed by atoms with Crippen molar-refractivity contribution in [2.24, 2.45) is 0 Å².